The molecule has 0 aliphatic carbocycles. The molecule has 0 unspecified atom stereocenters. The second kappa shape index (κ2) is 3.78. The molecule has 6 nitrogen and oxygen atoms in total. The van der Waals surface area contributed by atoms with Gasteiger partial charge in [-0.05, 0) is 34.6 Å². The summed E-state index contributed by atoms with van der Waals surface area (Å²) >= 11 is 0. The minimum Gasteiger partial charge on any atom is -0.294 e. The Balaban J connectivity index is 3.29. The first kappa shape index (κ1) is 14.1. The van der Waals surface area contributed by atoms with Crippen LogP contribution in [0.25, 0.3) is 0 Å². The third-order valence-corrected chi connectivity index (χ3v) is 5.50. The van der Waals surface area contributed by atoms with Crippen molar-refractivity contribution in [3.05, 3.63) is 0 Å². The SMILES string of the molecule is CC1(C)C(=O)NC(=O)CN1S(=O)(=O)C(C)(C)C. The van der Waals surface area contributed by atoms with E-state index in [1.54, 1.807) is 0 Å². The van der Waals surface area contributed by atoms with Crippen LogP contribution in [0.2, 0.25) is 0 Å². The zero-order chi connectivity index (χ0) is 13.6. The lowest BCUT2D eigenvalue weighted by Crippen LogP contribution is -2.67. The Labute approximate surface area is 101 Å². The van der Waals surface area contributed by atoms with E-state index in [2.05, 4.69) is 5.32 Å². The quantitative estimate of drug-likeness (QED) is 0.666. The summed E-state index contributed by atoms with van der Waals surface area (Å²) in [4.78, 5) is 23.0. The summed E-state index contributed by atoms with van der Waals surface area (Å²) in [6.45, 7) is 7.26. The van der Waals surface area contributed by atoms with Crippen molar-refractivity contribution in [3.8, 4) is 0 Å². The van der Waals surface area contributed by atoms with E-state index in [9.17, 15) is 18.0 Å². The van der Waals surface area contributed by atoms with E-state index in [0.29, 0.717) is 0 Å². The molecule has 1 fully saturated rings. The van der Waals surface area contributed by atoms with Gasteiger partial charge >= 0.3 is 0 Å². The molecule has 0 aromatic carbocycles. The molecule has 1 aliphatic rings. The first-order valence-electron chi connectivity index (χ1n) is 5.27. The average molecular weight is 262 g/mol. The summed E-state index contributed by atoms with van der Waals surface area (Å²) in [5.74, 6) is -1.19. The van der Waals surface area contributed by atoms with Crippen LogP contribution in [0.15, 0.2) is 0 Å². The Hall–Kier alpha value is -0.950. The summed E-state index contributed by atoms with van der Waals surface area (Å²) in [5.41, 5.74) is -1.25. The molecule has 0 aromatic rings. The van der Waals surface area contributed by atoms with Crippen molar-refractivity contribution in [1.29, 1.82) is 0 Å². The highest BCUT2D eigenvalue weighted by Gasteiger charge is 2.50. The highest BCUT2D eigenvalue weighted by Crippen LogP contribution is 2.29. The summed E-state index contributed by atoms with van der Waals surface area (Å²) in [6.07, 6.45) is 0. The number of sulfonamides is 1. The number of piperazine rings is 1. The molecule has 0 spiro atoms. The molecule has 1 N–H and O–H groups in total. The summed E-state index contributed by atoms with van der Waals surface area (Å²) < 4.78 is 24.5. The van der Waals surface area contributed by atoms with E-state index in [4.69, 9.17) is 0 Å². The number of imide groups is 1. The lowest BCUT2D eigenvalue weighted by atomic mass is 10.0. The molecule has 17 heavy (non-hydrogen) atoms. The normalized spacial score (nSPS) is 22.4. The number of amides is 2. The smallest absolute Gasteiger partial charge is 0.247 e. The highest BCUT2D eigenvalue weighted by atomic mass is 32.2. The molecule has 0 atom stereocenters. The molecule has 2 amide bonds. The van der Waals surface area contributed by atoms with Crippen molar-refractivity contribution in [2.45, 2.75) is 44.9 Å². The van der Waals surface area contributed by atoms with Gasteiger partial charge in [-0.1, -0.05) is 0 Å². The van der Waals surface area contributed by atoms with E-state index in [1.807, 2.05) is 0 Å². The first-order valence-corrected chi connectivity index (χ1v) is 6.71. The highest BCUT2D eigenvalue weighted by molar-refractivity contribution is 7.90. The van der Waals surface area contributed by atoms with E-state index >= 15 is 0 Å². The maximum atomic E-state index is 12.3. The van der Waals surface area contributed by atoms with E-state index in [-0.39, 0.29) is 6.54 Å². The fourth-order valence-corrected chi connectivity index (χ4v) is 3.11. The number of carbonyl (C=O) groups is 2. The molecule has 0 aromatic heterocycles. The lowest BCUT2D eigenvalue weighted by Gasteiger charge is -2.42. The Morgan fingerprint density at radius 3 is 2.12 bits per heavy atom. The van der Waals surface area contributed by atoms with Crippen molar-refractivity contribution in [2.75, 3.05) is 6.54 Å². The van der Waals surface area contributed by atoms with Crippen LogP contribution in [-0.4, -0.2) is 41.4 Å². The first-order chi connectivity index (χ1) is 7.40. The van der Waals surface area contributed by atoms with Crippen LogP contribution in [-0.2, 0) is 19.6 Å². The number of nitrogens with one attached hydrogen (secondary N) is 1. The third-order valence-electron chi connectivity index (χ3n) is 2.78. The van der Waals surface area contributed by atoms with Crippen LogP contribution >= 0.6 is 0 Å². The van der Waals surface area contributed by atoms with Crippen molar-refractivity contribution < 1.29 is 18.0 Å². The van der Waals surface area contributed by atoms with Gasteiger partial charge in [0.25, 0.3) is 0 Å². The number of hydrogen-bond acceptors (Lipinski definition) is 4. The lowest BCUT2D eigenvalue weighted by molar-refractivity contribution is -0.141. The zero-order valence-corrected chi connectivity index (χ0v) is 11.5. The molecule has 7 heteroatoms. The Bertz CT molecular complexity index is 459. The van der Waals surface area contributed by atoms with Crippen LogP contribution in [0.1, 0.15) is 34.6 Å². The fraction of sp³-hybridized carbons (Fsp3) is 0.800. The molecule has 1 saturated heterocycles. The van der Waals surface area contributed by atoms with Crippen LogP contribution < -0.4 is 5.32 Å². The van der Waals surface area contributed by atoms with Gasteiger partial charge in [0.05, 0.1) is 11.3 Å². The van der Waals surface area contributed by atoms with Gasteiger partial charge in [-0.25, -0.2) is 8.42 Å². The Morgan fingerprint density at radius 1 is 1.24 bits per heavy atom. The predicted octanol–water partition coefficient (Wildman–Crippen LogP) is -0.148. The van der Waals surface area contributed by atoms with Crippen LogP contribution in [0.5, 0.6) is 0 Å². The minimum absolute atomic E-state index is 0.321. The maximum Gasteiger partial charge on any atom is 0.247 e. The van der Waals surface area contributed by atoms with Gasteiger partial charge in [-0.3, -0.25) is 14.9 Å². The monoisotopic (exact) mass is 262 g/mol. The summed E-state index contributed by atoms with van der Waals surface area (Å²) in [7, 11) is -3.72. The average Bonchev–Trinajstić information content (AvgIpc) is 2.09. The number of nitrogens with zero attached hydrogens (tertiary/aromatic N) is 1. The summed E-state index contributed by atoms with van der Waals surface area (Å²) in [6, 6.07) is 0. The summed E-state index contributed by atoms with van der Waals surface area (Å²) in [5, 5.41) is 2.14. The van der Waals surface area contributed by atoms with Gasteiger partial charge < -0.3 is 0 Å². The molecule has 1 aliphatic heterocycles. The fourth-order valence-electron chi connectivity index (χ4n) is 1.48. The van der Waals surface area contributed by atoms with Crippen molar-refractivity contribution in [3.63, 3.8) is 0 Å². The Kier molecular flexibility index (Phi) is 3.13. The molecule has 0 bridgehead atoms. The number of rotatable bonds is 1. The standard InChI is InChI=1S/C10H18N2O4S/c1-9(2,3)17(15,16)12-6-7(13)11-8(14)10(12,4)5/h6H2,1-5H3,(H,11,13,14). The second-order valence-electron chi connectivity index (χ2n) is 5.56. The van der Waals surface area contributed by atoms with Gasteiger partial charge in [0.2, 0.25) is 21.8 Å². The predicted molar refractivity (Wildman–Crippen MR) is 62.6 cm³/mol. The second-order valence-corrected chi connectivity index (χ2v) is 8.18. The Morgan fingerprint density at radius 2 is 1.71 bits per heavy atom. The van der Waals surface area contributed by atoms with Crippen molar-refractivity contribution in [2.24, 2.45) is 0 Å². The third kappa shape index (κ3) is 2.21. The molecule has 98 valence electrons. The molecular formula is C10H18N2O4S. The number of hydrogen-bond donors (Lipinski definition) is 1. The van der Waals surface area contributed by atoms with Crippen molar-refractivity contribution >= 4 is 21.8 Å². The molecule has 0 radical (unpaired) electrons. The van der Waals surface area contributed by atoms with Gasteiger partial charge in [0, 0.05) is 0 Å². The van der Waals surface area contributed by atoms with Gasteiger partial charge in [0.1, 0.15) is 5.54 Å². The van der Waals surface area contributed by atoms with E-state index in [1.165, 1.54) is 34.6 Å². The van der Waals surface area contributed by atoms with Crippen LogP contribution in [0, 0.1) is 0 Å². The minimum atomic E-state index is -3.72. The molecule has 1 rings (SSSR count). The van der Waals surface area contributed by atoms with Gasteiger partial charge in [-0.2, -0.15) is 4.31 Å². The molecular weight excluding hydrogens is 244 g/mol. The van der Waals surface area contributed by atoms with E-state index in [0.717, 1.165) is 4.31 Å². The largest absolute Gasteiger partial charge is 0.294 e. The maximum absolute atomic E-state index is 12.3. The molecule has 0 saturated carbocycles. The van der Waals surface area contributed by atoms with Crippen LogP contribution in [0.3, 0.4) is 0 Å². The molecule has 1 heterocycles. The van der Waals surface area contributed by atoms with E-state index < -0.39 is 32.1 Å². The van der Waals surface area contributed by atoms with Crippen LogP contribution in [0.4, 0.5) is 0 Å². The van der Waals surface area contributed by atoms with Gasteiger partial charge in [-0.15, -0.1) is 0 Å². The van der Waals surface area contributed by atoms with Gasteiger partial charge in [0.15, 0.2) is 0 Å². The van der Waals surface area contributed by atoms with Crippen molar-refractivity contribution in [1.82, 2.24) is 9.62 Å². The topological polar surface area (TPSA) is 83.6 Å². The number of carbonyl (C=O) groups excluding carboxylic acids is 2. The zero-order valence-electron chi connectivity index (χ0n) is 10.7.